The molecule has 2 aliphatic rings. The van der Waals surface area contributed by atoms with Crippen molar-refractivity contribution in [1.29, 1.82) is 0 Å². The first kappa shape index (κ1) is 22.5. The zero-order valence-corrected chi connectivity index (χ0v) is 17.8. The molecule has 0 aromatic heterocycles. The SMILES string of the molecule is NC(=O)C1=COC(c2c(F)cccc2F)N1Nc1ccc(C(=O)NCC2CCNCC2)cc1. The van der Waals surface area contributed by atoms with Gasteiger partial charge in [-0.1, -0.05) is 6.07 Å². The van der Waals surface area contributed by atoms with E-state index in [0.717, 1.165) is 49.3 Å². The van der Waals surface area contributed by atoms with E-state index in [1.165, 1.54) is 6.07 Å². The zero-order chi connectivity index (χ0) is 23.4. The van der Waals surface area contributed by atoms with Gasteiger partial charge in [0.1, 0.15) is 17.9 Å². The van der Waals surface area contributed by atoms with E-state index in [4.69, 9.17) is 10.5 Å². The number of halogens is 2. The summed E-state index contributed by atoms with van der Waals surface area (Å²) in [7, 11) is 0. The molecule has 1 fully saturated rings. The Morgan fingerprint density at radius 1 is 1.09 bits per heavy atom. The summed E-state index contributed by atoms with van der Waals surface area (Å²) in [5.41, 5.74) is 8.75. The largest absolute Gasteiger partial charge is 0.469 e. The van der Waals surface area contributed by atoms with Gasteiger partial charge in [0.2, 0.25) is 6.23 Å². The van der Waals surface area contributed by atoms with Crippen molar-refractivity contribution >= 4 is 17.5 Å². The van der Waals surface area contributed by atoms with Crippen molar-refractivity contribution in [1.82, 2.24) is 15.6 Å². The number of primary amides is 1. The number of nitrogens with zero attached hydrogens (tertiary/aromatic N) is 1. The van der Waals surface area contributed by atoms with Gasteiger partial charge < -0.3 is 21.1 Å². The fraction of sp³-hybridized carbons (Fsp3) is 0.304. The molecule has 2 heterocycles. The summed E-state index contributed by atoms with van der Waals surface area (Å²) in [6.45, 7) is 2.54. The number of piperidine rings is 1. The molecule has 2 aliphatic heterocycles. The first-order valence-electron chi connectivity index (χ1n) is 10.7. The Bertz CT molecular complexity index is 1030. The lowest BCUT2D eigenvalue weighted by Gasteiger charge is -2.28. The topological polar surface area (TPSA) is 109 Å². The standard InChI is InChI=1S/C23H25F2N5O3/c24-17-2-1-3-18(25)20(17)23-30(19(13-33-23)21(26)31)29-16-6-4-15(5-7-16)22(32)28-12-14-8-10-27-11-9-14/h1-7,13-14,23,27,29H,8-12H2,(H2,26,31)(H,28,32). The number of hydrogen-bond acceptors (Lipinski definition) is 6. The van der Waals surface area contributed by atoms with Gasteiger partial charge in [0.25, 0.3) is 11.8 Å². The second-order valence-corrected chi connectivity index (χ2v) is 7.95. The third-order valence-electron chi connectivity index (χ3n) is 5.71. The van der Waals surface area contributed by atoms with Crippen LogP contribution in [0.2, 0.25) is 0 Å². The molecule has 1 unspecified atom stereocenters. The Morgan fingerprint density at radius 3 is 2.39 bits per heavy atom. The molecule has 10 heteroatoms. The van der Waals surface area contributed by atoms with Crippen molar-refractivity contribution in [2.24, 2.45) is 11.7 Å². The monoisotopic (exact) mass is 457 g/mol. The molecule has 2 amide bonds. The molecule has 2 aromatic carbocycles. The normalized spacial score (nSPS) is 18.4. The second kappa shape index (κ2) is 9.86. The van der Waals surface area contributed by atoms with Crippen LogP contribution in [0.4, 0.5) is 14.5 Å². The summed E-state index contributed by atoms with van der Waals surface area (Å²) in [6, 6.07) is 9.89. The molecule has 4 rings (SSSR count). The van der Waals surface area contributed by atoms with Gasteiger partial charge in [-0.15, -0.1) is 0 Å². The van der Waals surface area contributed by atoms with Crippen LogP contribution in [0.15, 0.2) is 54.4 Å². The van der Waals surface area contributed by atoms with E-state index in [9.17, 15) is 18.4 Å². The molecule has 0 spiro atoms. The smallest absolute Gasteiger partial charge is 0.270 e. The molecule has 0 radical (unpaired) electrons. The first-order chi connectivity index (χ1) is 15.9. The molecule has 0 saturated carbocycles. The van der Waals surface area contributed by atoms with Gasteiger partial charge in [-0.25, -0.2) is 13.8 Å². The maximum atomic E-state index is 14.3. The van der Waals surface area contributed by atoms with Crippen molar-refractivity contribution in [2.45, 2.75) is 19.1 Å². The lowest BCUT2D eigenvalue weighted by molar-refractivity contribution is -0.116. The Kier molecular flexibility index (Phi) is 6.74. The van der Waals surface area contributed by atoms with Gasteiger partial charge in [0.05, 0.1) is 11.3 Å². The van der Waals surface area contributed by atoms with E-state index in [1.54, 1.807) is 24.3 Å². The van der Waals surface area contributed by atoms with Crippen molar-refractivity contribution < 1.29 is 23.1 Å². The second-order valence-electron chi connectivity index (χ2n) is 7.95. The van der Waals surface area contributed by atoms with Crippen LogP contribution in [0.5, 0.6) is 0 Å². The van der Waals surface area contributed by atoms with Crippen molar-refractivity contribution in [3.8, 4) is 0 Å². The summed E-state index contributed by atoms with van der Waals surface area (Å²) in [4.78, 5) is 24.3. The van der Waals surface area contributed by atoms with E-state index >= 15 is 0 Å². The summed E-state index contributed by atoms with van der Waals surface area (Å²) in [5.74, 6) is -2.22. The predicted molar refractivity (Wildman–Crippen MR) is 117 cm³/mol. The molecule has 5 N–H and O–H groups in total. The number of rotatable bonds is 7. The average molecular weight is 457 g/mol. The lowest BCUT2D eigenvalue weighted by atomic mass is 9.98. The molecular formula is C23H25F2N5O3. The van der Waals surface area contributed by atoms with Crippen LogP contribution in [0.25, 0.3) is 0 Å². The van der Waals surface area contributed by atoms with Gasteiger partial charge in [-0.3, -0.25) is 15.0 Å². The van der Waals surface area contributed by atoms with E-state index in [-0.39, 0.29) is 17.2 Å². The van der Waals surface area contributed by atoms with Gasteiger partial charge in [-0.05, 0) is 68.2 Å². The maximum absolute atomic E-state index is 14.3. The van der Waals surface area contributed by atoms with Crippen LogP contribution in [0, 0.1) is 17.6 Å². The van der Waals surface area contributed by atoms with Crippen LogP contribution in [-0.2, 0) is 9.53 Å². The minimum absolute atomic E-state index is 0.105. The minimum Gasteiger partial charge on any atom is -0.469 e. The number of carbonyl (C=O) groups excluding carboxylic acids is 2. The van der Waals surface area contributed by atoms with Crippen molar-refractivity contribution in [2.75, 3.05) is 25.1 Å². The number of nitrogens with two attached hydrogens (primary N) is 1. The Balaban J connectivity index is 1.46. The molecule has 1 saturated heterocycles. The summed E-state index contributed by atoms with van der Waals surface area (Å²) < 4.78 is 34.0. The first-order valence-corrected chi connectivity index (χ1v) is 10.7. The number of ether oxygens (including phenoxy) is 1. The van der Waals surface area contributed by atoms with Gasteiger partial charge in [0, 0.05) is 12.1 Å². The van der Waals surface area contributed by atoms with Crippen LogP contribution in [0.3, 0.4) is 0 Å². The van der Waals surface area contributed by atoms with Crippen molar-refractivity contribution in [3.63, 3.8) is 0 Å². The van der Waals surface area contributed by atoms with E-state index in [0.29, 0.717) is 23.7 Å². The van der Waals surface area contributed by atoms with Crippen molar-refractivity contribution in [3.05, 3.63) is 77.2 Å². The Morgan fingerprint density at radius 2 is 1.76 bits per heavy atom. The van der Waals surface area contributed by atoms with E-state index in [2.05, 4.69) is 16.1 Å². The summed E-state index contributed by atoms with van der Waals surface area (Å²) >= 11 is 0. The highest BCUT2D eigenvalue weighted by atomic mass is 19.1. The van der Waals surface area contributed by atoms with Crippen LogP contribution < -0.4 is 21.8 Å². The van der Waals surface area contributed by atoms with Crippen LogP contribution >= 0.6 is 0 Å². The summed E-state index contributed by atoms with van der Waals surface area (Å²) in [6.07, 6.45) is 1.82. The lowest BCUT2D eigenvalue weighted by Crippen LogP contribution is -2.36. The molecule has 33 heavy (non-hydrogen) atoms. The summed E-state index contributed by atoms with van der Waals surface area (Å²) in [5, 5.41) is 7.39. The van der Waals surface area contributed by atoms with Gasteiger partial charge in [-0.2, -0.15) is 0 Å². The quantitative estimate of drug-likeness (QED) is 0.509. The number of hydrogen-bond donors (Lipinski definition) is 4. The number of carbonyl (C=O) groups is 2. The fourth-order valence-corrected chi connectivity index (χ4v) is 3.87. The van der Waals surface area contributed by atoms with Gasteiger partial charge >= 0.3 is 0 Å². The van der Waals surface area contributed by atoms with E-state index < -0.39 is 23.8 Å². The fourth-order valence-electron chi connectivity index (χ4n) is 3.87. The molecule has 0 bridgehead atoms. The highest BCUT2D eigenvalue weighted by Gasteiger charge is 2.36. The average Bonchev–Trinajstić information content (AvgIpc) is 3.22. The Labute approximate surface area is 189 Å². The number of hydrazine groups is 1. The molecule has 0 aliphatic carbocycles. The van der Waals surface area contributed by atoms with Crippen LogP contribution in [0.1, 0.15) is 35.0 Å². The Hall–Kier alpha value is -3.66. The maximum Gasteiger partial charge on any atom is 0.270 e. The molecule has 174 valence electrons. The molecule has 1 atom stereocenters. The number of anilines is 1. The minimum atomic E-state index is -1.29. The highest BCUT2D eigenvalue weighted by molar-refractivity contribution is 5.94. The van der Waals surface area contributed by atoms with Crippen LogP contribution in [-0.4, -0.2) is 36.5 Å². The molecule has 2 aromatic rings. The molecule has 8 nitrogen and oxygen atoms in total. The zero-order valence-electron chi connectivity index (χ0n) is 17.8. The third-order valence-corrected chi connectivity index (χ3v) is 5.71. The highest BCUT2D eigenvalue weighted by Crippen LogP contribution is 2.35. The third kappa shape index (κ3) is 5.06. The van der Waals surface area contributed by atoms with E-state index in [1.807, 2.05) is 0 Å². The van der Waals surface area contributed by atoms with Gasteiger partial charge in [0.15, 0.2) is 5.70 Å². The number of nitrogens with one attached hydrogen (secondary N) is 3. The number of benzene rings is 2. The number of amides is 2. The molecular weight excluding hydrogens is 432 g/mol. The predicted octanol–water partition coefficient (Wildman–Crippen LogP) is 2.38.